The number of aromatic nitrogens is 1. The molecule has 0 bridgehead atoms. The maximum Gasteiger partial charge on any atom is 0.327 e. The molecule has 1 aromatic carbocycles. The van der Waals surface area contributed by atoms with Gasteiger partial charge in [0, 0.05) is 18.0 Å². The van der Waals surface area contributed by atoms with Crippen LogP contribution in [0.15, 0.2) is 36.5 Å². The van der Waals surface area contributed by atoms with Gasteiger partial charge in [0.05, 0.1) is 0 Å². The Bertz CT molecular complexity index is 611. The molecule has 2 aromatic rings. The maximum absolute atomic E-state index is 11.0. The highest BCUT2D eigenvalue weighted by molar-refractivity contribution is 5.93. The highest BCUT2D eigenvalue weighted by Gasteiger charge is 2.17. The van der Waals surface area contributed by atoms with Gasteiger partial charge in [0.15, 0.2) is 0 Å². The molecule has 0 spiro atoms. The Morgan fingerprint density at radius 3 is 2.94 bits per heavy atom. The molecule has 1 atom stereocenters. The smallest absolute Gasteiger partial charge is 0.327 e. The summed E-state index contributed by atoms with van der Waals surface area (Å²) in [4.78, 5) is 15.2. The lowest BCUT2D eigenvalue weighted by Gasteiger charge is -2.14. The second-order valence-electron chi connectivity index (χ2n) is 3.82. The van der Waals surface area contributed by atoms with Gasteiger partial charge in [-0.25, -0.2) is 9.78 Å². The lowest BCUT2D eigenvalue weighted by molar-refractivity contribution is -0.137. The second kappa shape index (κ2) is 5.19. The third-order valence-corrected chi connectivity index (χ3v) is 2.60. The molecule has 90 valence electrons. The van der Waals surface area contributed by atoms with Gasteiger partial charge in [0.25, 0.3) is 0 Å². The fourth-order valence-electron chi connectivity index (χ4n) is 1.72. The minimum absolute atomic E-state index is 0.111. The van der Waals surface area contributed by atoms with E-state index in [0.717, 1.165) is 10.8 Å². The number of nitrogens with zero attached hydrogens (tertiary/aromatic N) is 1. The first-order valence-corrected chi connectivity index (χ1v) is 5.49. The van der Waals surface area contributed by atoms with Crippen LogP contribution in [0.5, 0.6) is 0 Å². The van der Waals surface area contributed by atoms with Gasteiger partial charge in [-0.1, -0.05) is 24.3 Å². The van der Waals surface area contributed by atoms with Crippen molar-refractivity contribution in [3.8, 4) is 12.3 Å². The molecule has 1 unspecified atom stereocenters. The summed E-state index contributed by atoms with van der Waals surface area (Å²) >= 11 is 0. The van der Waals surface area contributed by atoms with Gasteiger partial charge >= 0.3 is 5.97 Å². The average molecular weight is 240 g/mol. The molecule has 0 aliphatic rings. The van der Waals surface area contributed by atoms with E-state index in [4.69, 9.17) is 11.5 Å². The van der Waals surface area contributed by atoms with Crippen molar-refractivity contribution in [2.45, 2.75) is 12.5 Å². The summed E-state index contributed by atoms with van der Waals surface area (Å²) in [5.74, 6) is 1.90. The Kier molecular flexibility index (Phi) is 3.44. The van der Waals surface area contributed by atoms with Crippen molar-refractivity contribution in [1.29, 1.82) is 0 Å². The van der Waals surface area contributed by atoms with Gasteiger partial charge < -0.3 is 10.4 Å². The molecule has 18 heavy (non-hydrogen) atoms. The molecule has 0 saturated heterocycles. The Morgan fingerprint density at radius 2 is 2.22 bits per heavy atom. The molecule has 1 aromatic heterocycles. The summed E-state index contributed by atoms with van der Waals surface area (Å²) in [6.45, 7) is 0. The van der Waals surface area contributed by atoms with E-state index >= 15 is 0 Å². The number of carboxylic acid groups (broad SMARTS) is 1. The van der Waals surface area contributed by atoms with Gasteiger partial charge in [-0.05, 0) is 11.5 Å². The standard InChI is InChI=1S/C14H12N2O2/c1-2-5-12(14(17)18)16-13-11-7-4-3-6-10(11)8-9-15-13/h1,3-4,6-9,12H,5H2,(H,15,16)(H,17,18). The van der Waals surface area contributed by atoms with Crippen LogP contribution < -0.4 is 5.32 Å². The van der Waals surface area contributed by atoms with Gasteiger partial charge in [0.2, 0.25) is 0 Å². The van der Waals surface area contributed by atoms with E-state index in [-0.39, 0.29) is 6.42 Å². The van der Waals surface area contributed by atoms with Gasteiger partial charge in [0.1, 0.15) is 11.9 Å². The quantitative estimate of drug-likeness (QED) is 0.803. The summed E-state index contributed by atoms with van der Waals surface area (Å²) < 4.78 is 0. The molecular weight excluding hydrogens is 228 g/mol. The summed E-state index contributed by atoms with van der Waals surface area (Å²) in [5.41, 5.74) is 0. The molecule has 2 N–H and O–H groups in total. The predicted molar refractivity (Wildman–Crippen MR) is 70.2 cm³/mol. The third-order valence-electron chi connectivity index (χ3n) is 2.60. The largest absolute Gasteiger partial charge is 0.480 e. The number of fused-ring (bicyclic) bond motifs is 1. The number of terminal acetylenes is 1. The highest BCUT2D eigenvalue weighted by Crippen LogP contribution is 2.21. The number of benzene rings is 1. The molecular formula is C14H12N2O2. The lowest BCUT2D eigenvalue weighted by atomic mass is 10.1. The molecule has 0 amide bonds. The lowest BCUT2D eigenvalue weighted by Crippen LogP contribution is -2.29. The van der Waals surface area contributed by atoms with Crippen molar-refractivity contribution in [3.05, 3.63) is 36.5 Å². The number of anilines is 1. The van der Waals surface area contributed by atoms with Crippen LogP contribution in [0.1, 0.15) is 6.42 Å². The minimum atomic E-state index is -0.984. The van der Waals surface area contributed by atoms with Crippen molar-refractivity contribution < 1.29 is 9.90 Å². The summed E-state index contributed by atoms with van der Waals surface area (Å²) in [6, 6.07) is 8.68. The summed E-state index contributed by atoms with van der Waals surface area (Å²) in [6.07, 6.45) is 6.91. The number of pyridine rings is 1. The first-order chi connectivity index (χ1) is 8.72. The van der Waals surface area contributed by atoms with Crippen LogP contribution in [0.4, 0.5) is 5.82 Å². The summed E-state index contributed by atoms with van der Waals surface area (Å²) in [5, 5.41) is 13.8. The molecule has 0 aliphatic heterocycles. The van der Waals surface area contributed by atoms with E-state index in [1.54, 1.807) is 6.20 Å². The number of carboxylic acids is 1. The van der Waals surface area contributed by atoms with E-state index in [1.165, 1.54) is 0 Å². The summed E-state index contributed by atoms with van der Waals surface area (Å²) in [7, 11) is 0. The monoisotopic (exact) mass is 240 g/mol. The Morgan fingerprint density at radius 1 is 1.44 bits per heavy atom. The first kappa shape index (κ1) is 11.9. The fraction of sp³-hybridized carbons (Fsp3) is 0.143. The zero-order valence-corrected chi connectivity index (χ0v) is 9.63. The van der Waals surface area contributed by atoms with Crippen LogP contribution in [-0.4, -0.2) is 22.1 Å². The van der Waals surface area contributed by atoms with Crippen LogP contribution in [0.3, 0.4) is 0 Å². The van der Waals surface area contributed by atoms with Crippen LogP contribution in [0.2, 0.25) is 0 Å². The number of aliphatic carboxylic acids is 1. The number of rotatable bonds is 4. The van der Waals surface area contributed by atoms with Gasteiger partial charge in [-0.3, -0.25) is 0 Å². The molecule has 1 heterocycles. The van der Waals surface area contributed by atoms with Crippen LogP contribution in [0.25, 0.3) is 10.8 Å². The number of hydrogen-bond acceptors (Lipinski definition) is 3. The minimum Gasteiger partial charge on any atom is -0.480 e. The van der Waals surface area contributed by atoms with E-state index < -0.39 is 12.0 Å². The van der Waals surface area contributed by atoms with E-state index in [1.807, 2.05) is 30.3 Å². The Labute approximate surface area is 105 Å². The van der Waals surface area contributed by atoms with E-state index in [2.05, 4.69) is 16.2 Å². The van der Waals surface area contributed by atoms with Gasteiger partial charge in [-0.2, -0.15) is 0 Å². The average Bonchev–Trinajstić information content (AvgIpc) is 2.38. The third kappa shape index (κ3) is 2.41. The molecule has 0 radical (unpaired) electrons. The number of hydrogen-bond donors (Lipinski definition) is 2. The molecule has 4 nitrogen and oxygen atoms in total. The Hall–Kier alpha value is -2.54. The molecule has 0 aliphatic carbocycles. The molecule has 2 rings (SSSR count). The fourth-order valence-corrected chi connectivity index (χ4v) is 1.72. The second-order valence-corrected chi connectivity index (χ2v) is 3.82. The molecule has 4 heteroatoms. The van der Waals surface area contributed by atoms with Crippen molar-refractivity contribution in [2.75, 3.05) is 5.32 Å². The zero-order chi connectivity index (χ0) is 13.0. The maximum atomic E-state index is 11.0. The van der Waals surface area contributed by atoms with E-state index in [9.17, 15) is 4.79 Å². The van der Waals surface area contributed by atoms with Crippen LogP contribution >= 0.6 is 0 Å². The Balaban J connectivity index is 2.36. The first-order valence-electron chi connectivity index (χ1n) is 5.49. The zero-order valence-electron chi connectivity index (χ0n) is 9.63. The topological polar surface area (TPSA) is 62.2 Å². The van der Waals surface area contributed by atoms with Crippen molar-refractivity contribution >= 4 is 22.6 Å². The predicted octanol–water partition coefficient (Wildman–Crippen LogP) is 2.12. The number of nitrogens with one attached hydrogen (secondary N) is 1. The van der Waals surface area contributed by atoms with Crippen molar-refractivity contribution in [3.63, 3.8) is 0 Å². The van der Waals surface area contributed by atoms with Crippen LogP contribution in [-0.2, 0) is 4.79 Å². The van der Waals surface area contributed by atoms with Crippen molar-refractivity contribution in [1.82, 2.24) is 4.98 Å². The number of carbonyl (C=O) groups is 1. The molecule has 0 saturated carbocycles. The van der Waals surface area contributed by atoms with E-state index in [0.29, 0.717) is 5.82 Å². The molecule has 0 fully saturated rings. The normalized spacial score (nSPS) is 11.7. The van der Waals surface area contributed by atoms with Crippen molar-refractivity contribution in [2.24, 2.45) is 0 Å². The van der Waals surface area contributed by atoms with Crippen LogP contribution in [0, 0.1) is 12.3 Å². The van der Waals surface area contributed by atoms with Gasteiger partial charge in [-0.15, -0.1) is 12.3 Å². The highest BCUT2D eigenvalue weighted by atomic mass is 16.4. The SMILES string of the molecule is C#CCC(Nc1nccc2ccccc12)C(=O)O.